The molecule has 0 unspecified atom stereocenters. The summed E-state index contributed by atoms with van der Waals surface area (Å²) >= 11 is 5.68. The van der Waals surface area contributed by atoms with E-state index in [1.165, 1.54) is 6.07 Å². The lowest BCUT2D eigenvalue weighted by molar-refractivity contribution is 0.0977. The molecule has 0 spiro atoms. The van der Waals surface area contributed by atoms with Crippen molar-refractivity contribution in [3.05, 3.63) is 46.7 Å². The summed E-state index contributed by atoms with van der Waals surface area (Å²) in [5, 5.41) is -0.265. The zero-order chi connectivity index (χ0) is 18.8. The van der Waals surface area contributed by atoms with Gasteiger partial charge < -0.3 is 4.74 Å². The first-order valence-corrected chi connectivity index (χ1v) is 9.19. The topological polar surface area (TPSA) is 85.4 Å². The molecule has 0 bridgehead atoms. The minimum absolute atomic E-state index is 0.0898. The van der Waals surface area contributed by atoms with Crippen LogP contribution in [0.5, 0.6) is 5.75 Å². The van der Waals surface area contributed by atoms with Gasteiger partial charge in [-0.25, -0.2) is 22.5 Å². The Morgan fingerprint density at radius 2 is 2.00 bits per heavy atom. The normalized spacial score (nSPS) is 11.2. The van der Waals surface area contributed by atoms with Crippen LogP contribution in [0.15, 0.2) is 24.4 Å². The summed E-state index contributed by atoms with van der Waals surface area (Å²) in [5.41, 5.74) is -0.0627. The van der Waals surface area contributed by atoms with Crippen LogP contribution in [0.4, 0.5) is 8.78 Å². The second-order valence-electron chi connectivity index (χ2n) is 4.96. The van der Waals surface area contributed by atoms with E-state index in [0.717, 1.165) is 24.6 Å². The number of carbonyl (C=O) groups is 1. The second-order valence-corrected chi connectivity index (χ2v) is 7.12. The van der Waals surface area contributed by atoms with Gasteiger partial charge in [0.15, 0.2) is 0 Å². The average molecular weight is 391 g/mol. The van der Waals surface area contributed by atoms with Gasteiger partial charge in [0.1, 0.15) is 11.6 Å². The number of amides is 1. The highest BCUT2D eigenvalue weighted by atomic mass is 35.5. The fraction of sp³-hybridized carbons (Fsp3) is 0.200. The Hall–Kier alpha value is -2.26. The van der Waals surface area contributed by atoms with Crippen LogP contribution in [0.25, 0.3) is 11.1 Å². The van der Waals surface area contributed by atoms with E-state index < -0.39 is 33.3 Å². The van der Waals surface area contributed by atoms with Gasteiger partial charge in [0.25, 0.3) is 5.91 Å². The molecule has 0 saturated carbocycles. The van der Waals surface area contributed by atoms with E-state index in [2.05, 4.69) is 4.98 Å². The third-order valence-electron chi connectivity index (χ3n) is 3.00. The fourth-order valence-corrected chi connectivity index (χ4v) is 2.63. The van der Waals surface area contributed by atoms with Gasteiger partial charge in [0, 0.05) is 17.3 Å². The molecule has 1 amide bonds. The molecular weight excluding hydrogens is 378 g/mol. The minimum atomic E-state index is -3.86. The van der Waals surface area contributed by atoms with E-state index in [0.29, 0.717) is 0 Å². The molecule has 6 nitrogen and oxygen atoms in total. The molecule has 1 aromatic heterocycles. The first-order chi connectivity index (χ1) is 11.6. The summed E-state index contributed by atoms with van der Waals surface area (Å²) < 4.78 is 56.9. The van der Waals surface area contributed by atoms with E-state index in [-0.39, 0.29) is 28.5 Å². The van der Waals surface area contributed by atoms with E-state index in [9.17, 15) is 22.0 Å². The smallest absolute Gasteiger partial charge is 0.267 e. The molecule has 0 aliphatic heterocycles. The summed E-state index contributed by atoms with van der Waals surface area (Å²) in [7, 11) is -3.86. The fourth-order valence-electron chi connectivity index (χ4n) is 2.02. The summed E-state index contributed by atoms with van der Waals surface area (Å²) in [4.78, 5) is 15.4. The molecule has 1 N–H and O–H groups in total. The highest BCUT2D eigenvalue weighted by Crippen LogP contribution is 2.34. The Labute approximate surface area is 147 Å². The van der Waals surface area contributed by atoms with Crippen LogP contribution in [-0.2, 0) is 10.0 Å². The van der Waals surface area contributed by atoms with Gasteiger partial charge in [-0.15, -0.1) is 0 Å². The lowest BCUT2D eigenvalue weighted by Gasteiger charge is -2.13. The molecule has 134 valence electrons. The number of halogens is 3. The third-order valence-corrected chi connectivity index (χ3v) is 3.82. The zero-order valence-electron chi connectivity index (χ0n) is 13.1. The first kappa shape index (κ1) is 19.1. The molecule has 1 aromatic carbocycles. The van der Waals surface area contributed by atoms with Gasteiger partial charge in [-0.1, -0.05) is 11.6 Å². The summed E-state index contributed by atoms with van der Waals surface area (Å²) in [6.07, 6.45) is 1.90. The zero-order valence-corrected chi connectivity index (χ0v) is 14.7. The quantitative estimate of drug-likeness (QED) is 0.793. The Morgan fingerprint density at radius 1 is 1.32 bits per heavy atom. The molecule has 0 aliphatic rings. The van der Waals surface area contributed by atoms with Crippen molar-refractivity contribution < 1.29 is 26.7 Å². The Bertz CT molecular complexity index is 935. The molecule has 0 atom stereocenters. The van der Waals surface area contributed by atoms with Gasteiger partial charge in [-0.05, 0) is 25.1 Å². The average Bonchev–Trinajstić information content (AvgIpc) is 2.50. The maximum Gasteiger partial charge on any atom is 0.267 e. The Balaban J connectivity index is 2.57. The van der Waals surface area contributed by atoms with Crippen LogP contribution in [0.1, 0.15) is 17.3 Å². The van der Waals surface area contributed by atoms with Crippen LogP contribution in [0.2, 0.25) is 5.02 Å². The Morgan fingerprint density at radius 3 is 2.56 bits per heavy atom. The predicted octanol–water partition coefficient (Wildman–Crippen LogP) is 2.77. The number of benzene rings is 1. The van der Waals surface area contributed by atoms with Crippen molar-refractivity contribution in [2.75, 3.05) is 12.9 Å². The van der Waals surface area contributed by atoms with E-state index >= 15 is 0 Å². The van der Waals surface area contributed by atoms with Crippen LogP contribution >= 0.6 is 11.6 Å². The van der Waals surface area contributed by atoms with Gasteiger partial charge in [0.05, 0.1) is 23.4 Å². The third kappa shape index (κ3) is 4.64. The van der Waals surface area contributed by atoms with Crippen molar-refractivity contribution in [3.8, 4) is 16.9 Å². The maximum atomic E-state index is 14.3. The van der Waals surface area contributed by atoms with Crippen LogP contribution in [0.3, 0.4) is 0 Å². The maximum absolute atomic E-state index is 14.3. The molecule has 10 heteroatoms. The van der Waals surface area contributed by atoms with Gasteiger partial charge in [-0.3, -0.25) is 4.79 Å². The number of ether oxygens (including phenoxy) is 1. The van der Waals surface area contributed by atoms with Gasteiger partial charge in [0.2, 0.25) is 16.0 Å². The highest BCUT2D eigenvalue weighted by Gasteiger charge is 2.20. The molecule has 0 fully saturated rings. The lowest BCUT2D eigenvalue weighted by Crippen LogP contribution is -2.30. The van der Waals surface area contributed by atoms with Crippen LogP contribution in [0, 0.1) is 11.8 Å². The molecule has 2 rings (SSSR count). The molecule has 2 aromatic rings. The SMILES string of the molecule is CCOc1cc(C(=O)NS(C)(=O)=O)c(F)cc1-c1cnc(F)c(Cl)c1. The number of hydrogen-bond acceptors (Lipinski definition) is 5. The monoisotopic (exact) mass is 390 g/mol. The van der Waals surface area contributed by atoms with Crippen molar-refractivity contribution >= 4 is 27.5 Å². The van der Waals surface area contributed by atoms with E-state index in [4.69, 9.17) is 16.3 Å². The molecule has 25 heavy (non-hydrogen) atoms. The molecule has 0 aliphatic carbocycles. The number of aromatic nitrogens is 1. The molecule has 1 heterocycles. The van der Waals surface area contributed by atoms with Crippen LogP contribution in [-0.4, -0.2) is 32.2 Å². The summed E-state index contributed by atoms with van der Waals surface area (Å²) in [6.45, 7) is 1.85. The van der Waals surface area contributed by atoms with Crippen molar-refractivity contribution in [1.29, 1.82) is 0 Å². The van der Waals surface area contributed by atoms with Crippen LogP contribution < -0.4 is 9.46 Å². The van der Waals surface area contributed by atoms with E-state index in [1.54, 1.807) is 11.6 Å². The first-order valence-electron chi connectivity index (χ1n) is 6.92. The lowest BCUT2D eigenvalue weighted by atomic mass is 10.0. The number of hydrogen-bond donors (Lipinski definition) is 1. The summed E-state index contributed by atoms with van der Waals surface area (Å²) in [6, 6.07) is 3.26. The van der Waals surface area contributed by atoms with Crippen molar-refractivity contribution in [2.45, 2.75) is 6.92 Å². The second kappa shape index (κ2) is 7.32. The molecular formula is C15H13ClF2N2O4S. The van der Waals surface area contributed by atoms with Gasteiger partial charge >= 0.3 is 0 Å². The number of carbonyl (C=O) groups excluding carboxylic acids is 1. The van der Waals surface area contributed by atoms with E-state index in [1.807, 2.05) is 0 Å². The molecule has 0 radical (unpaired) electrons. The predicted molar refractivity (Wildman–Crippen MR) is 88.1 cm³/mol. The van der Waals surface area contributed by atoms with Crippen molar-refractivity contribution in [1.82, 2.24) is 9.71 Å². The number of rotatable bonds is 5. The largest absolute Gasteiger partial charge is 0.493 e. The Kier molecular flexibility index (Phi) is 5.58. The van der Waals surface area contributed by atoms with Crippen molar-refractivity contribution in [3.63, 3.8) is 0 Å². The number of sulfonamides is 1. The molecule has 0 saturated heterocycles. The number of nitrogens with zero attached hydrogens (tertiary/aromatic N) is 1. The van der Waals surface area contributed by atoms with Crippen molar-refractivity contribution in [2.24, 2.45) is 0 Å². The van der Waals surface area contributed by atoms with Gasteiger partial charge in [-0.2, -0.15) is 4.39 Å². The number of pyridine rings is 1. The summed E-state index contributed by atoms with van der Waals surface area (Å²) in [5.74, 6) is -2.91. The highest BCUT2D eigenvalue weighted by molar-refractivity contribution is 7.89. The minimum Gasteiger partial charge on any atom is -0.493 e. The standard InChI is InChI=1S/C15H13ClF2N2O4S/c1-3-24-13-6-10(15(21)20-25(2,22)23)12(17)5-9(13)8-4-11(16)14(18)19-7-8/h4-7H,3H2,1-2H3,(H,20,21). The number of nitrogens with one attached hydrogen (secondary N) is 1.